The summed E-state index contributed by atoms with van der Waals surface area (Å²) in [5.74, 6) is 0.737. The summed E-state index contributed by atoms with van der Waals surface area (Å²) < 4.78 is 5.76. The molecule has 0 unspecified atom stereocenters. The first kappa shape index (κ1) is 13.9. The highest BCUT2D eigenvalue weighted by atomic mass is 35.5. The van der Waals surface area contributed by atoms with Crippen LogP contribution in [0.4, 0.5) is 0 Å². The number of ether oxygens (including phenoxy) is 1. The van der Waals surface area contributed by atoms with Gasteiger partial charge >= 0.3 is 0 Å². The molecular weight excluding hydrogens is 258 g/mol. The third-order valence-electron chi connectivity index (χ3n) is 2.88. The molecule has 0 bridgehead atoms. The zero-order chi connectivity index (χ0) is 13.7. The minimum Gasteiger partial charge on any atom is -0.487 e. The van der Waals surface area contributed by atoms with Crippen LogP contribution in [0.1, 0.15) is 16.7 Å². The summed E-state index contributed by atoms with van der Waals surface area (Å²) in [5.41, 5.74) is 3.54. The van der Waals surface area contributed by atoms with E-state index < -0.39 is 0 Å². The Kier molecular flexibility index (Phi) is 4.83. The lowest BCUT2D eigenvalue weighted by Crippen LogP contribution is -2.05. The number of aryl methyl sites for hydroxylation is 1. The second-order valence-electron chi connectivity index (χ2n) is 4.57. The highest BCUT2D eigenvalue weighted by Crippen LogP contribution is 2.26. The normalized spacial score (nSPS) is 10.5. The molecular formula is C16H18ClNO. The van der Waals surface area contributed by atoms with Crippen molar-refractivity contribution in [3.63, 3.8) is 0 Å². The summed E-state index contributed by atoms with van der Waals surface area (Å²) in [7, 11) is 1.94. The summed E-state index contributed by atoms with van der Waals surface area (Å²) in [6, 6.07) is 14.2. The predicted molar refractivity (Wildman–Crippen MR) is 79.7 cm³/mol. The largest absolute Gasteiger partial charge is 0.487 e. The third kappa shape index (κ3) is 3.98. The summed E-state index contributed by atoms with van der Waals surface area (Å²) in [5, 5.41) is 3.78. The number of hydrogen-bond donors (Lipinski definition) is 1. The minimum atomic E-state index is 0.531. The standard InChI is InChI=1S/C16H18ClNO/c1-12-3-8-15(17)16(9-12)19-11-14-6-4-13(5-7-14)10-18-2/h3-9,18H,10-11H2,1-2H3. The molecule has 0 aliphatic rings. The maximum Gasteiger partial charge on any atom is 0.138 e. The molecule has 2 nitrogen and oxygen atoms in total. The summed E-state index contributed by atoms with van der Waals surface area (Å²) in [6.45, 7) is 3.43. The minimum absolute atomic E-state index is 0.531. The fourth-order valence-corrected chi connectivity index (χ4v) is 2.01. The van der Waals surface area contributed by atoms with Crippen LogP contribution in [0.15, 0.2) is 42.5 Å². The Morgan fingerprint density at radius 1 is 1.05 bits per heavy atom. The van der Waals surface area contributed by atoms with Gasteiger partial charge in [-0.3, -0.25) is 0 Å². The first-order valence-corrected chi connectivity index (χ1v) is 6.68. The first-order valence-electron chi connectivity index (χ1n) is 6.30. The first-order chi connectivity index (χ1) is 9.19. The Labute approximate surface area is 119 Å². The van der Waals surface area contributed by atoms with Crippen LogP contribution in [-0.4, -0.2) is 7.05 Å². The van der Waals surface area contributed by atoms with Crippen molar-refractivity contribution in [2.45, 2.75) is 20.1 Å². The quantitative estimate of drug-likeness (QED) is 0.892. The third-order valence-corrected chi connectivity index (χ3v) is 3.20. The summed E-state index contributed by atoms with van der Waals surface area (Å²) in [6.07, 6.45) is 0. The fourth-order valence-electron chi connectivity index (χ4n) is 1.84. The average Bonchev–Trinajstić information content (AvgIpc) is 2.42. The second-order valence-corrected chi connectivity index (χ2v) is 4.98. The van der Waals surface area contributed by atoms with Crippen molar-refractivity contribution in [2.24, 2.45) is 0 Å². The van der Waals surface area contributed by atoms with Gasteiger partial charge in [-0.2, -0.15) is 0 Å². The fraction of sp³-hybridized carbons (Fsp3) is 0.250. The summed E-state index contributed by atoms with van der Waals surface area (Å²) in [4.78, 5) is 0. The van der Waals surface area contributed by atoms with E-state index in [1.54, 1.807) is 0 Å². The van der Waals surface area contributed by atoms with Crippen LogP contribution >= 0.6 is 11.6 Å². The number of benzene rings is 2. The van der Waals surface area contributed by atoms with Gasteiger partial charge in [-0.15, -0.1) is 0 Å². The average molecular weight is 276 g/mol. The van der Waals surface area contributed by atoms with Gasteiger partial charge in [-0.1, -0.05) is 41.9 Å². The van der Waals surface area contributed by atoms with Crippen molar-refractivity contribution in [1.82, 2.24) is 5.32 Å². The van der Waals surface area contributed by atoms with Crippen LogP contribution in [0, 0.1) is 6.92 Å². The Bertz CT molecular complexity index is 537. The van der Waals surface area contributed by atoms with Crippen molar-refractivity contribution in [2.75, 3.05) is 7.05 Å². The van der Waals surface area contributed by atoms with E-state index in [1.165, 1.54) is 5.56 Å². The highest BCUT2D eigenvalue weighted by Gasteiger charge is 2.02. The molecule has 0 aliphatic carbocycles. The Hall–Kier alpha value is -1.51. The van der Waals surface area contributed by atoms with Gasteiger partial charge in [0.05, 0.1) is 5.02 Å². The molecule has 0 aromatic heterocycles. The van der Waals surface area contributed by atoms with E-state index in [0.717, 1.165) is 23.4 Å². The van der Waals surface area contributed by atoms with E-state index in [-0.39, 0.29) is 0 Å². The Morgan fingerprint density at radius 3 is 2.42 bits per heavy atom. The Balaban J connectivity index is 2.00. The topological polar surface area (TPSA) is 21.3 Å². The van der Waals surface area contributed by atoms with Gasteiger partial charge in [0.2, 0.25) is 0 Å². The molecule has 0 fully saturated rings. The number of nitrogens with one attached hydrogen (secondary N) is 1. The van der Waals surface area contributed by atoms with Gasteiger partial charge in [-0.05, 0) is 42.8 Å². The van der Waals surface area contributed by atoms with Crippen LogP contribution in [0.2, 0.25) is 5.02 Å². The van der Waals surface area contributed by atoms with Gasteiger partial charge in [0.1, 0.15) is 12.4 Å². The van der Waals surface area contributed by atoms with E-state index >= 15 is 0 Å². The lowest BCUT2D eigenvalue weighted by atomic mass is 10.1. The van der Waals surface area contributed by atoms with E-state index in [1.807, 2.05) is 32.2 Å². The lowest BCUT2D eigenvalue weighted by Gasteiger charge is -2.09. The van der Waals surface area contributed by atoms with Crippen LogP contribution in [-0.2, 0) is 13.2 Å². The van der Waals surface area contributed by atoms with Gasteiger partial charge in [0.15, 0.2) is 0 Å². The smallest absolute Gasteiger partial charge is 0.138 e. The zero-order valence-electron chi connectivity index (χ0n) is 11.2. The molecule has 19 heavy (non-hydrogen) atoms. The molecule has 0 radical (unpaired) electrons. The summed E-state index contributed by atoms with van der Waals surface area (Å²) >= 11 is 6.10. The van der Waals surface area contributed by atoms with Gasteiger partial charge in [-0.25, -0.2) is 0 Å². The second kappa shape index (κ2) is 6.60. The van der Waals surface area contributed by atoms with Crippen molar-refractivity contribution >= 4 is 11.6 Å². The van der Waals surface area contributed by atoms with Crippen LogP contribution in [0.3, 0.4) is 0 Å². The van der Waals surface area contributed by atoms with Crippen molar-refractivity contribution in [3.05, 3.63) is 64.2 Å². The van der Waals surface area contributed by atoms with E-state index in [9.17, 15) is 0 Å². The zero-order valence-corrected chi connectivity index (χ0v) is 12.0. The molecule has 0 spiro atoms. The van der Waals surface area contributed by atoms with Gasteiger partial charge in [0.25, 0.3) is 0 Å². The van der Waals surface area contributed by atoms with Crippen molar-refractivity contribution < 1.29 is 4.74 Å². The monoisotopic (exact) mass is 275 g/mol. The molecule has 0 atom stereocenters. The van der Waals surface area contributed by atoms with Crippen LogP contribution in [0.5, 0.6) is 5.75 Å². The van der Waals surface area contributed by atoms with Crippen LogP contribution < -0.4 is 10.1 Å². The SMILES string of the molecule is CNCc1ccc(COc2cc(C)ccc2Cl)cc1. The molecule has 2 aromatic rings. The number of halogens is 1. The molecule has 1 N–H and O–H groups in total. The molecule has 2 rings (SSSR count). The number of hydrogen-bond acceptors (Lipinski definition) is 2. The lowest BCUT2D eigenvalue weighted by molar-refractivity contribution is 0.306. The highest BCUT2D eigenvalue weighted by molar-refractivity contribution is 6.32. The van der Waals surface area contributed by atoms with Crippen LogP contribution in [0.25, 0.3) is 0 Å². The maximum absolute atomic E-state index is 6.10. The Morgan fingerprint density at radius 2 is 1.74 bits per heavy atom. The van der Waals surface area contributed by atoms with Gasteiger partial charge < -0.3 is 10.1 Å². The molecule has 0 heterocycles. The number of rotatable bonds is 5. The molecule has 100 valence electrons. The molecule has 3 heteroatoms. The molecule has 0 amide bonds. The molecule has 0 saturated heterocycles. The van der Waals surface area contributed by atoms with E-state index in [2.05, 4.69) is 29.6 Å². The molecule has 0 aliphatic heterocycles. The maximum atomic E-state index is 6.10. The van der Waals surface area contributed by atoms with Crippen molar-refractivity contribution in [1.29, 1.82) is 0 Å². The van der Waals surface area contributed by atoms with Gasteiger partial charge in [0, 0.05) is 6.54 Å². The van der Waals surface area contributed by atoms with E-state index in [0.29, 0.717) is 11.6 Å². The molecule has 0 saturated carbocycles. The van der Waals surface area contributed by atoms with E-state index in [4.69, 9.17) is 16.3 Å². The predicted octanol–water partition coefficient (Wildman–Crippen LogP) is 3.95. The van der Waals surface area contributed by atoms with Crippen molar-refractivity contribution in [3.8, 4) is 5.75 Å². The molecule has 2 aromatic carbocycles.